The quantitative estimate of drug-likeness (QED) is 0.229. The number of rotatable bonds is 8. The molecule has 2 N–H and O–H groups in total. The van der Waals surface area contributed by atoms with Gasteiger partial charge in [-0.2, -0.15) is 0 Å². The van der Waals surface area contributed by atoms with Crippen LogP contribution in [0.25, 0.3) is 11.3 Å². The van der Waals surface area contributed by atoms with E-state index < -0.39 is 60.7 Å². The van der Waals surface area contributed by atoms with Gasteiger partial charge in [-0.3, -0.25) is 9.78 Å². The van der Waals surface area contributed by atoms with Crippen molar-refractivity contribution in [3.63, 3.8) is 0 Å². The Morgan fingerprint density at radius 3 is 2.24 bits per heavy atom. The minimum Gasteiger partial charge on any atom is -0.444 e. The summed E-state index contributed by atoms with van der Waals surface area (Å²) in [7, 11) is -2.25. The van der Waals surface area contributed by atoms with Gasteiger partial charge in [0, 0.05) is 25.2 Å². The van der Waals surface area contributed by atoms with E-state index in [0.29, 0.717) is 36.4 Å². The van der Waals surface area contributed by atoms with E-state index in [1.54, 1.807) is 40.0 Å². The molecule has 1 aliphatic rings. The van der Waals surface area contributed by atoms with Crippen molar-refractivity contribution in [3.05, 3.63) is 71.4 Å². The number of alkyl carbamates (subject to hydrolysis) is 1. The van der Waals surface area contributed by atoms with Crippen LogP contribution in [0.15, 0.2) is 42.7 Å². The predicted molar refractivity (Wildman–Crippen MR) is 188 cm³/mol. The second-order valence-electron chi connectivity index (χ2n) is 15.1. The van der Waals surface area contributed by atoms with Crippen LogP contribution in [0.5, 0.6) is 0 Å². The second kappa shape index (κ2) is 14.5. The van der Waals surface area contributed by atoms with Gasteiger partial charge in [0.25, 0.3) is 5.91 Å². The number of nitrogens with one attached hydrogen (secondary N) is 2. The van der Waals surface area contributed by atoms with Gasteiger partial charge in [-0.15, -0.1) is 0 Å². The lowest BCUT2D eigenvalue weighted by Gasteiger charge is -2.48. The lowest BCUT2D eigenvalue weighted by atomic mass is 9.92. The molecule has 1 aromatic carbocycles. The van der Waals surface area contributed by atoms with Gasteiger partial charge in [0.1, 0.15) is 34.4 Å². The highest BCUT2D eigenvalue weighted by atomic mass is 28.4. The molecule has 49 heavy (non-hydrogen) atoms. The van der Waals surface area contributed by atoms with Gasteiger partial charge in [0.05, 0.1) is 35.3 Å². The molecule has 2 amide bonds. The Morgan fingerprint density at radius 1 is 1.00 bits per heavy atom. The van der Waals surface area contributed by atoms with Crippen molar-refractivity contribution in [1.29, 1.82) is 0 Å². The van der Waals surface area contributed by atoms with Crippen LogP contribution in [0.3, 0.4) is 0 Å². The number of carbonyl (C=O) groups is 2. The van der Waals surface area contributed by atoms with Gasteiger partial charge < -0.3 is 24.7 Å². The summed E-state index contributed by atoms with van der Waals surface area (Å²) in [4.78, 5) is 36.8. The maximum absolute atomic E-state index is 14.9. The number of benzene rings is 1. The fourth-order valence-electron chi connectivity index (χ4n) is 5.51. The summed E-state index contributed by atoms with van der Waals surface area (Å²) in [5.41, 5.74) is -0.845. The first-order valence-electron chi connectivity index (χ1n) is 16.5. The second-order valence-corrected chi connectivity index (χ2v) is 19.9. The maximum Gasteiger partial charge on any atom is 0.408 e. The number of piperidine rings is 1. The van der Waals surface area contributed by atoms with Crippen LogP contribution in [-0.4, -0.2) is 61.1 Å². The van der Waals surface area contributed by atoms with Crippen molar-refractivity contribution in [3.8, 4) is 11.3 Å². The molecule has 266 valence electrons. The molecule has 0 bridgehead atoms. The Balaban J connectivity index is 1.63. The molecule has 0 aliphatic carbocycles. The van der Waals surface area contributed by atoms with Crippen molar-refractivity contribution in [1.82, 2.24) is 15.3 Å². The van der Waals surface area contributed by atoms with E-state index in [-0.39, 0.29) is 22.8 Å². The van der Waals surface area contributed by atoms with Crippen molar-refractivity contribution in [2.24, 2.45) is 5.92 Å². The Hall–Kier alpha value is -3.97. The number of pyridine rings is 2. The van der Waals surface area contributed by atoms with E-state index >= 15 is 0 Å². The maximum atomic E-state index is 14.9. The summed E-state index contributed by atoms with van der Waals surface area (Å²) in [5, 5.41) is 5.77. The molecular formula is C36H48F3N5O4Si. The minimum absolute atomic E-state index is 0.0512. The predicted octanol–water partition coefficient (Wildman–Crippen LogP) is 8.12. The smallest absolute Gasteiger partial charge is 0.408 e. The third-order valence-corrected chi connectivity index (χ3v) is 13.5. The van der Waals surface area contributed by atoms with Gasteiger partial charge in [-0.25, -0.2) is 22.9 Å². The molecule has 0 unspecified atom stereocenters. The molecule has 0 spiro atoms. The molecule has 13 heteroatoms. The van der Waals surface area contributed by atoms with Gasteiger partial charge in [0.15, 0.2) is 8.32 Å². The van der Waals surface area contributed by atoms with Crippen LogP contribution in [0.1, 0.15) is 71.4 Å². The van der Waals surface area contributed by atoms with Gasteiger partial charge in [0.2, 0.25) is 0 Å². The summed E-state index contributed by atoms with van der Waals surface area (Å²) >= 11 is 0. The Kier molecular flexibility index (Phi) is 11.2. The number of aromatic nitrogens is 2. The molecule has 1 saturated heterocycles. The number of nitrogens with zero attached hydrogens (tertiary/aromatic N) is 3. The summed E-state index contributed by atoms with van der Waals surface area (Å²) < 4.78 is 57.2. The third-order valence-electron chi connectivity index (χ3n) is 9.03. The lowest BCUT2D eigenvalue weighted by Crippen LogP contribution is -2.63. The Bertz CT molecular complexity index is 1670. The standard InChI is InChI=1S/C36H48F3N5O4Si/c1-11-22-16-24(38)30(25(39)17-22)31-23(37)12-13-26(41-31)33(45)42-27-18-40-15-14-29(27)44-19-21(2)32(48-49(9,10)36(6,7)8)28(20-44)43-34(46)47-35(3,4)5/h12-18,21,28,32H,11,19-20H2,1-10H3,(H,42,45)(H,43,46)/t21-,28+,32+/m0/s1. The minimum atomic E-state index is -2.25. The number of halogens is 3. The fourth-order valence-corrected chi connectivity index (χ4v) is 6.94. The van der Waals surface area contributed by atoms with Gasteiger partial charge in [-0.05, 0) is 81.2 Å². The largest absolute Gasteiger partial charge is 0.444 e. The van der Waals surface area contributed by atoms with E-state index in [2.05, 4.69) is 61.4 Å². The summed E-state index contributed by atoms with van der Waals surface area (Å²) in [6.07, 6.45) is 2.58. The van der Waals surface area contributed by atoms with Crippen LogP contribution in [-0.2, 0) is 15.6 Å². The monoisotopic (exact) mass is 699 g/mol. The summed E-state index contributed by atoms with van der Waals surface area (Å²) in [6.45, 7) is 20.9. The molecule has 2 aromatic heterocycles. The summed E-state index contributed by atoms with van der Waals surface area (Å²) in [6, 6.07) is 5.63. The van der Waals surface area contributed by atoms with Crippen LogP contribution < -0.4 is 15.5 Å². The molecule has 3 aromatic rings. The number of amides is 2. The Labute approximate surface area is 288 Å². The number of hydrogen-bond acceptors (Lipinski definition) is 7. The molecule has 3 atom stereocenters. The molecule has 1 fully saturated rings. The first-order valence-corrected chi connectivity index (χ1v) is 19.4. The average Bonchev–Trinajstić information content (AvgIpc) is 2.97. The highest BCUT2D eigenvalue weighted by Crippen LogP contribution is 2.40. The number of ether oxygens (including phenoxy) is 1. The van der Waals surface area contributed by atoms with Crippen LogP contribution in [0, 0.1) is 23.4 Å². The molecule has 0 radical (unpaired) electrons. The van der Waals surface area contributed by atoms with Gasteiger partial charge >= 0.3 is 6.09 Å². The summed E-state index contributed by atoms with van der Waals surface area (Å²) in [5.74, 6) is -3.69. The zero-order valence-corrected chi connectivity index (χ0v) is 31.0. The molecule has 1 aliphatic heterocycles. The molecule has 4 rings (SSSR count). The molecule has 9 nitrogen and oxygen atoms in total. The molecular weight excluding hydrogens is 652 g/mol. The van der Waals surface area contributed by atoms with Crippen molar-refractivity contribution < 1.29 is 31.9 Å². The molecule has 0 saturated carbocycles. The van der Waals surface area contributed by atoms with Crippen molar-refractivity contribution in [2.75, 3.05) is 23.3 Å². The van der Waals surface area contributed by atoms with E-state index in [4.69, 9.17) is 9.16 Å². The molecule has 3 heterocycles. The third kappa shape index (κ3) is 8.99. The number of aryl methyl sites for hydroxylation is 1. The highest BCUT2D eigenvalue weighted by molar-refractivity contribution is 6.74. The zero-order valence-electron chi connectivity index (χ0n) is 30.0. The average molecular weight is 700 g/mol. The van der Waals surface area contributed by atoms with E-state index in [1.165, 1.54) is 6.20 Å². The number of carbonyl (C=O) groups excluding carboxylic acids is 2. The lowest BCUT2D eigenvalue weighted by molar-refractivity contribution is 0.0336. The SMILES string of the molecule is CCc1cc(F)c(-c2nc(C(=O)Nc3cnccc3N3C[C@H](C)[C@@H](O[Si](C)(C)C(C)(C)C)[C@H](NC(=O)OC(C)(C)C)C3)ccc2F)c(F)c1. The van der Waals surface area contributed by atoms with Crippen LogP contribution >= 0.6 is 0 Å². The van der Waals surface area contributed by atoms with Gasteiger partial charge in [-0.1, -0.05) is 34.6 Å². The normalized spacial score (nSPS) is 18.6. The fraction of sp³-hybridized carbons (Fsp3) is 0.500. The Morgan fingerprint density at radius 2 is 1.65 bits per heavy atom. The zero-order chi connectivity index (χ0) is 36.5. The van der Waals surface area contributed by atoms with Crippen molar-refractivity contribution in [2.45, 2.75) is 97.7 Å². The number of anilines is 2. The van der Waals surface area contributed by atoms with Crippen LogP contribution in [0.4, 0.5) is 29.3 Å². The van der Waals surface area contributed by atoms with Crippen molar-refractivity contribution >= 4 is 31.7 Å². The van der Waals surface area contributed by atoms with E-state index in [1.807, 2.05) is 4.90 Å². The van der Waals surface area contributed by atoms with E-state index in [9.17, 15) is 22.8 Å². The van der Waals surface area contributed by atoms with Crippen LogP contribution in [0.2, 0.25) is 18.1 Å². The van der Waals surface area contributed by atoms with E-state index in [0.717, 1.165) is 24.3 Å². The highest BCUT2D eigenvalue weighted by Gasteiger charge is 2.45. The first kappa shape index (κ1) is 37.8. The number of hydrogen-bond donors (Lipinski definition) is 2. The topological polar surface area (TPSA) is 106 Å². The first-order chi connectivity index (χ1) is 22.7.